The molecule has 2 rings (SSSR count). The van der Waals surface area contributed by atoms with Crippen LogP contribution in [0.25, 0.3) is 0 Å². The Labute approximate surface area is 78.6 Å². The highest BCUT2D eigenvalue weighted by Crippen LogP contribution is 2.35. The molecule has 1 heterocycles. The Balaban J connectivity index is 2.23. The molecule has 1 unspecified atom stereocenters. The van der Waals surface area contributed by atoms with E-state index in [1.54, 1.807) is 12.4 Å². The molecule has 1 N–H and O–H groups in total. The van der Waals surface area contributed by atoms with Crippen molar-refractivity contribution in [2.24, 2.45) is 0 Å². The molecule has 1 aromatic rings. The van der Waals surface area contributed by atoms with E-state index in [-0.39, 0.29) is 0 Å². The van der Waals surface area contributed by atoms with Gasteiger partial charge in [0.05, 0.1) is 5.60 Å². The highest BCUT2D eigenvalue weighted by atomic mass is 16.3. The first-order valence-corrected chi connectivity index (χ1v) is 4.76. The summed E-state index contributed by atoms with van der Waals surface area (Å²) in [6.07, 6.45) is 9.48. The first-order valence-electron chi connectivity index (χ1n) is 4.76. The second-order valence-corrected chi connectivity index (χ2v) is 3.66. The maximum absolute atomic E-state index is 10.3. The van der Waals surface area contributed by atoms with Gasteiger partial charge in [0.15, 0.2) is 0 Å². The lowest BCUT2D eigenvalue weighted by atomic mass is 9.80. The van der Waals surface area contributed by atoms with Crippen molar-refractivity contribution in [3.63, 3.8) is 0 Å². The van der Waals surface area contributed by atoms with Crippen LogP contribution >= 0.6 is 0 Å². The normalized spacial score (nSPS) is 21.3. The van der Waals surface area contributed by atoms with Gasteiger partial charge in [0.2, 0.25) is 0 Å². The summed E-state index contributed by atoms with van der Waals surface area (Å²) in [5.74, 6) is 0. The second-order valence-electron chi connectivity index (χ2n) is 3.66. The van der Waals surface area contributed by atoms with Crippen LogP contribution in [0.3, 0.4) is 0 Å². The molecule has 1 aliphatic rings. The molecule has 69 valence electrons. The lowest BCUT2D eigenvalue weighted by molar-refractivity contribution is 0.0135. The molecule has 2 nitrogen and oxygen atoms in total. The number of rotatable bonds is 1. The molecule has 2 heteroatoms. The fraction of sp³-hybridized carbons (Fsp3) is 0.455. The van der Waals surface area contributed by atoms with E-state index in [1.807, 2.05) is 12.1 Å². The van der Waals surface area contributed by atoms with Gasteiger partial charge in [-0.2, -0.15) is 0 Å². The van der Waals surface area contributed by atoms with E-state index in [1.165, 1.54) is 0 Å². The molecule has 13 heavy (non-hydrogen) atoms. The predicted molar refractivity (Wildman–Crippen MR) is 50.9 cm³/mol. The quantitative estimate of drug-likeness (QED) is 0.710. The topological polar surface area (TPSA) is 33.1 Å². The molecular formula is C11H14NO. The number of aromatic nitrogens is 1. The van der Waals surface area contributed by atoms with Crippen LogP contribution in [0.2, 0.25) is 0 Å². The van der Waals surface area contributed by atoms with E-state index < -0.39 is 5.60 Å². The van der Waals surface area contributed by atoms with Crippen molar-refractivity contribution < 1.29 is 5.11 Å². The molecule has 0 aromatic carbocycles. The fourth-order valence-electron chi connectivity index (χ4n) is 1.88. The molecule has 0 amide bonds. The highest BCUT2D eigenvalue weighted by Gasteiger charge is 2.30. The minimum absolute atomic E-state index is 0.646. The van der Waals surface area contributed by atoms with Crippen molar-refractivity contribution in [2.45, 2.75) is 31.3 Å². The van der Waals surface area contributed by atoms with Crippen LogP contribution in [0.1, 0.15) is 31.2 Å². The first-order chi connectivity index (χ1) is 6.31. The van der Waals surface area contributed by atoms with Crippen LogP contribution in [-0.4, -0.2) is 10.1 Å². The third kappa shape index (κ3) is 1.73. The van der Waals surface area contributed by atoms with Gasteiger partial charge in [-0.3, -0.25) is 4.98 Å². The maximum Gasteiger partial charge on any atom is 0.0914 e. The summed E-state index contributed by atoms with van der Waals surface area (Å²) in [5, 5.41) is 10.3. The van der Waals surface area contributed by atoms with Crippen LogP contribution in [-0.2, 0) is 5.60 Å². The average molecular weight is 176 g/mol. The van der Waals surface area contributed by atoms with E-state index >= 15 is 0 Å². The van der Waals surface area contributed by atoms with E-state index in [4.69, 9.17) is 0 Å². The van der Waals surface area contributed by atoms with Gasteiger partial charge in [0.1, 0.15) is 0 Å². The first kappa shape index (κ1) is 8.70. The summed E-state index contributed by atoms with van der Waals surface area (Å²) in [6, 6.07) is 3.83. The Morgan fingerprint density at radius 2 is 2.38 bits per heavy atom. The van der Waals surface area contributed by atoms with Crippen molar-refractivity contribution in [3.8, 4) is 0 Å². The summed E-state index contributed by atoms with van der Waals surface area (Å²) in [6.45, 7) is 0. The van der Waals surface area contributed by atoms with Crippen molar-refractivity contribution >= 4 is 0 Å². The predicted octanol–water partition coefficient (Wildman–Crippen LogP) is 2.05. The molecule has 1 saturated carbocycles. The van der Waals surface area contributed by atoms with Crippen LogP contribution < -0.4 is 0 Å². The number of hydrogen-bond acceptors (Lipinski definition) is 2. The number of nitrogens with zero attached hydrogens (tertiary/aromatic N) is 1. The third-order valence-electron chi connectivity index (χ3n) is 2.68. The molecule has 1 fully saturated rings. The van der Waals surface area contributed by atoms with Crippen molar-refractivity contribution in [1.29, 1.82) is 0 Å². The fourth-order valence-corrected chi connectivity index (χ4v) is 1.88. The van der Waals surface area contributed by atoms with Gasteiger partial charge < -0.3 is 5.11 Å². The molecule has 0 aliphatic heterocycles. The highest BCUT2D eigenvalue weighted by molar-refractivity contribution is 5.19. The third-order valence-corrected chi connectivity index (χ3v) is 2.68. The van der Waals surface area contributed by atoms with Crippen molar-refractivity contribution in [1.82, 2.24) is 4.98 Å². The molecule has 1 aromatic heterocycles. The molecule has 1 radical (unpaired) electrons. The summed E-state index contributed by atoms with van der Waals surface area (Å²) in [5.41, 5.74) is 0.304. The van der Waals surface area contributed by atoms with Gasteiger partial charge in [-0.05, 0) is 38.2 Å². The number of aliphatic hydroxyl groups is 1. The van der Waals surface area contributed by atoms with E-state index in [0.29, 0.717) is 0 Å². The SMILES string of the molecule is OC1(c2cccnc2)C[CH]CCC1. The Bertz CT molecular complexity index is 265. The molecule has 1 atom stereocenters. The molecule has 1 aliphatic carbocycles. The molecule has 0 bridgehead atoms. The van der Waals surface area contributed by atoms with Crippen LogP contribution in [0.15, 0.2) is 24.5 Å². The van der Waals surface area contributed by atoms with Crippen LogP contribution in [0.4, 0.5) is 0 Å². The Morgan fingerprint density at radius 3 is 3.00 bits per heavy atom. The number of hydrogen-bond donors (Lipinski definition) is 1. The molecule has 0 spiro atoms. The van der Waals surface area contributed by atoms with Gasteiger partial charge >= 0.3 is 0 Å². The van der Waals surface area contributed by atoms with E-state index in [9.17, 15) is 5.11 Å². The second kappa shape index (κ2) is 3.46. The smallest absolute Gasteiger partial charge is 0.0914 e. The zero-order chi connectivity index (χ0) is 9.15. The van der Waals surface area contributed by atoms with Gasteiger partial charge in [-0.25, -0.2) is 0 Å². The molecular weight excluding hydrogens is 162 g/mol. The Hall–Kier alpha value is -0.890. The number of pyridine rings is 1. The van der Waals surface area contributed by atoms with Gasteiger partial charge in [-0.1, -0.05) is 6.07 Å². The molecule has 0 saturated heterocycles. The summed E-state index contributed by atoms with van der Waals surface area (Å²) in [7, 11) is 0. The summed E-state index contributed by atoms with van der Waals surface area (Å²) >= 11 is 0. The minimum Gasteiger partial charge on any atom is -0.385 e. The summed E-state index contributed by atoms with van der Waals surface area (Å²) < 4.78 is 0. The summed E-state index contributed by atoms with van der Waals surface area (Å²) in [4.78, 5) is 4.03. The zero-order valence-electron chi connectivity index (χ0n) is 7.61. The lowest BCUT2D eigenvalue weighted by Gasteiger charge is -2.31. The largest absolute Gasteiger partial charge is 0.385 e. The Morgan fingerprint density at radius 1 is 1.46 bits per heavy atom. The lowest BCUT2D eigenvalue weighted by Crippen LogP contribution is -2.28. The van der Waals surface area contributed by atoms with Crippen LogP contribution in [0, 0.1) is 6.42 Å². The van der Waals surface area contributed by atoms with Gasteiger partial charge in [0.25, 0.3) is 0 Å². The minimum atomic E-state index is -0.646. The zero-order valence-corrected chi connectivity index (χ0v) is 7.61. The maximum atomic E-state index is 10.3. The van der Waals surface area contributed by atoms with E-state index in [0.717, 1.165) is 31.2 Å². The average Bonchev–Trinajstić information content (AvgIpc) is 2.20. The van der Waals surface area contributed by atoms with Crippen LogP contribution in [0.5, 0.6) is 0 Å². The van der Waals surface area contributed by atoms with Crippen molar-refractivity contribution in [2.75, 3.05) is 0 Å². The van der Waals surface area contributed by atoms with Gasteiger partial charge in [-0.15, -0.1) is 0 Å². The van der Waals surface area contributed by atoms with Gasteiger partial charge in [0, 0.05) is 18.0 Å². The standard InChI is InChI=1S/C11H14NO/c13-11(6-2-1-3-7-11)10-5-4-8-12-9-10/h2,4-5,8-9,13H,1,3,6-7H2. The monoisotopic (exact) mass is 176 g/mol. The van der Waals surface area contributed by atoms with Crippen molar-refractivity contribution in [3.05, 3.63) is 36.5 Å². The Kier molecular flexibility index (Phi) is 2.32. The van der Waals surface area contributed by atoms with E-state index in [2.05, 4.69) is 11.4 Å².